The van der Waals surface area contributed by atoms with E-state index in [2.05, 4.69) is 14.2 Å². The lowest BCUT2D eigenvalue weighted by Gasteiger charge is -2.15. The number of alkyl halides is 3. The van der Waals surface area contributed by atoms with Gasteiger partial charge in [-0.3, -0.25) is 0 Å². The van der Waals surface area contributed by atoms with Gasteiger partial charge in [-0.25, -0.2) is 18.3 Å². The van der Waals surface area contributed by atoms with Gasteiger partial charge in [-0.2, -0.15) is 0 Å². The van der Waals surface area contributed by atoms with Crippen LogP contribution in [0.4, 0.5) is 13.2 Å². The molecule has 0 atom stereocenters. The van der Waals surface area contributed by atoms with E-state index in [4.69, 9.17) is 0 Å². The molecule has 95 valence electrons. The molecule has 0 aromatic heterocycles. The van der Waals surface area contributed by atoms with Crippen molar-refractivity contribution in [2.75, 3.05) is 20.6 Å². The van der Waals surface area contributed by atoms with Crippen molar-refractivity contribution in [2.45, 2.75) is 6.61 Å². The Morgan fingerprint density at radius 3 is 2.00 bits per heavy atom. The van der Waals surface area contributed by atoms with Gasteiger partial charge < -0.3 is 14.2 Å². The van der Waals surface area contributed by atoms with Gasteiger partial charge in [0, 0.05) is 5.56 Å². The molecule has 17 heavy (non-hydrogen) atoms. The van der Waals surface area contributed by atoms with Gasteiger partial charge in [-0.15, -0.1) is 0 Å². The molecule has 0 amide bonds. The van der Waals surface area contributed by atoms with Crippen molar-refractivity contribution in [1.82, 2.24) is 0 Å². The minimum atomic E-state index is -1.24. The third-order valence-electron chi connectivity index (χ3n) is 1.92. The lowest BCUT2D eigenvalue weighted by molar-refractivity contribution is 0.131. The van der Waals surface area contributed by atoms with Crippen molar-refractivity contribution in [3.05, 3.63) is 17.7 Å². The number of ether oxygens (including phenoxy) is 3. The minimum Gasteiger partial charge on any atom is -0.459 e. The van der Waals surface area contributed by atoms with E-state index in [0.29, 0.717) is 0 Å². The largest absolute Gasteiger partial charge is 0.459 e. The molecule has 0 aliphatic rings. The van der Waals surface area contributed by atoms with Crippen LogP contribution in [0.15, 0.2) is 12.1 Å². The SMILES string of the molecule is [O]Cc1ccc(OCF)c(OCF)c1OCF. The molecule has 4 nitrogen and oxygen atoms in total. The summed E-state index contributed by atoms with van der Waals surface area (Å²) in [5, 5.41) is 10.8. The number of halogens is 3. The topological polar surface area (TPSA) is 47.6 Å². The Balaban J connectivity index is 3.20. The first-order valence-corrected chi connectivity index (χ1v) is 4.58. The quantitative estimate of drug-likeness (QED) is 0.748. The highest BCUT2D eigenvalue weighted by atomic mass is 19.1. The van der Waals surface area contributed by atoms with Gasteiger partial charge in [-0.1, -0.05) is 0 Å². The highest BCUT2D eigenvalue weighted by molar-refractivity contribution is 5.55. The van der Waals surface area contributed by atoms with Crippen LogP contribution in [0.25, 0.3) is 0 Å². The number of hydrogen-bond donors (Lipinski definition) is 0. The fourth-order valence-corrected chi connectivity index (χ4v) is 1.28. The van der Waals surface area contributed by atoms with E-state index < -0.39 is 27.2 Å². The zero-order valence-electron chi connectivity index (χ0n) is 8.75. The van der Waals surface area contributed by atoms with Crippen molar-refractivity contribution < 1.29 is 32.5 Å². The summed E-state index contributed by atoms with van der Waals surface area (Å²) < 4.78 is 49.9. The average molecular weight is 251 g/mol. The Morgan fingerprint density at radius 2 is 1.47 bits per heavy atom. The van der Waals surface area contributed by atoms with Gasteiger partial charge in [0.1, 0.15) is 6.61 Å². The molecule has 0 saturated carbocycles. The molecule has 7 heteroatoms. The van der Waals surface area contributed by atoms with Crippen molar-refractivity contribution in [1.29, 1.82) is 0 Å². The summed E-state index contributed by atoms with van der Waals surface area (Å²) in [5.74, 6) is -0.756. The van der Waals surface area contributed by atoms with Crippen molar-refractivity contribution in [3.63, 3.8) is 0 Å². The Kier molecular flexibility index (Phi) is 5.41. The number of benzene rings is 1. The van der Waals surface area contributed by atoms with E-state index in [9.17, 15) is 18.3 Å². The molecule has 1 radical (unpaired) electrons. The number of rotatable bonds is 7. The molecular weight excluding hydrogens is 241 g/mol. The van der Waals surface area contributed by atoms with Gasteiger partial charge in [0.2, 0.25) is 26.3 Å². The normalized spacial score (nSPS) is 10.1. The van der Waals surface area contributed by atoms with Crippen molar-refractivity contribution in [2.24, 2.45) is 0 Å². The zero-order valence-corrected chi connectivity index (χ0v) is 8.75. The van der Waals surface area contributed by atoms with E-state index in [1.807, 2.05) is 0 Å². The van der Waals surface area contributed by atoms with Gasteiger partial charge in [0.25, 0.3) is 0 Å². The van der Waals surface area contributed by atoms with Crippen LogP contribution in [0.3, 0.4) is 0 Å². The summed E-state index contributed by atoms with van der Waals surface area (Å²) in [4.78, 5) is 0. The molecule has 0 heterocycles. The van der Waals surface area contributed by atoms with Crippen LogP contribution in [0, 0.1) is 0 Å². The Bertz CT molecular complexity index is 360. The van der Waals surface area contributed by atoms with Crippen molar-refractivity contribution >= 4 is 0 Å². The Labute approximate surface area is 95.5 Å². The van der Waals surface area contributed by atoms with E-state index in [1.165, 1.54) is 12.1 Å². The summed E-state index contributed by atoms with van der Waals surface area (Å²) in [6.45, 7) is -4.36. The third kappa shape index (κ3) is 3.16. The molecule has 0 spiro atoms. The fourth-order valence-electron chi connectivity index (χ4n) is 1.28. The molecule has 0 bridgehead atoms. The highest BCUT2D eigenvalue weighted by Crippen LogP contribution is 2.40. The second-order valence-corrected chi connectivity index (χ2v) is 2.79. The maximum absolute atomic E-state index is 12.2. The molecule has 0 saturated heterocycles. The predicted octanol–water partition coefficient (Wildman–Crippen LogP) is 2.53. The summed E-state index contributed by atoms with van der Waals surface area (Å²) in [6.07, 6.45) is 0. The second kappa shape index (κ2) is 6.85. The molecular formula is C10H10F3O4. The van der Waals surface area contributed by atoms with Gasteiger partial charge in [-0.05, 0) is 12.1 Å². The Morgan fingerprint density at radius 1 is 0.882 bits per heavy atom. The lowest BCUT2D eigenvalue weighted by Crippen LogP contribution is -2.03. The van der Waals surface area contributed by atoms with Crippen LogP contribution in [0.2, 0.25) is 0 Å². The molecule has 1 rings (SSSR count). The van der Waals surface area contributed by atoms with Crippen LogP contribution in [-0.4, -0.2) is 20.6 Å². The van der Waals surface area contributed by atoms with E-state index in [1.54, 1.807) is 0 Å². The van der Waals surface area contributed by atoms with E-state index >= 15 is 0 Å². The minimum absolute atomic E-state index is 0.0670. The summed E-state index contributed by atoms with van der Waals surface area (Å²) in [5.41, 5.74) is 0.0670. The molecule has 1 aromatic carbocycles. The molecule has 0 aliphatic carbocycles. The summed E-state index contributed by atoms with van der Waals surface area (Å²) in [7, 11) is 0. The number of hydrogen-bond acceptors (Lipinski definition) is 3. The average Bonchev–Trinajstić information content (AvgIpc) is 2.34. The highest BCUT2D eigenvalue weighted by Gasteiger charge is 2.18. The smallest absolute Gasteiger partial charge is 0.229 e. The lowest BCUT2D eigenvalue weighted by atomic mass is 10.2. The van der Waals surface area contributed by atoms with Crippen LogP contribution < -0.4 is 14.2 Å². The molecule has 0 N–H and O–H groups in total. The van der Waals surface area contributed by atoms with Gasteiger partial charge in [0.05, 0.1) is 0 Å². The van der Waals surface area contributed by atoms with Crippen LogP contribution in [0.1, 0.15) is 5.56 Å². The molecule has 1 aromatic rings. The van der Waals surface area contributed by atoms with Gasteiger partial charge >= 0.3 is 0 Å². The van der Waals surface area contributed by atoms with E-state index in [-0.39, 0.29) is 22.8 Å². The van der Waals surface area contributed by atoms with Crippen molar-refractivity contribution in [3.8, 4) is 17.2 Å². The first-order valence-electron chi connectivity index (χ1n) is 4.58. The van der Waals surface area contributed by atoms with Crippen LogP contribution >= 0.6 is 0 Å². The second-order valence-electron chi connectivity index (χ2n) is 2.79. The summed E-state index contributed by atoms with van der Waals surface area (Å²) >= 11 is 0. The maximum Gasteiger partial charge on any atom is 0.229 e. The van der Waals surface area contributed by atoms with E-state index in [0.717, 1.165) is 0 Å². The maximum atomic E-state index is 12.2. The fraction of sp³-hybridized carbons (Fsp3) is 0.400. The van der Waals surface area contributed by atoms with Crippen LogP contribution in [-0.2, 0) is 11.7 Å². The van der Waals surface area contributed by atoms with Crippen LogP contribution in [0.5, 0.6) is 17.2 Å². The first kappa shape index (κ1) is 13.4. The monoisotopic (exact) mass is 251 g/mol. The molecule has 0 fully saturated rings. The Hall–Kier alpha value is -1.63. The third-order valence-corrected chi connectivity index (χ3v) is 1.92. The standard InChI is InChI=1S/C10H10F3O4/c11-4-15-8-2-1-7(3-14)9(16-5-12)10(8)17-6-13/h1-2H,3-6H2. The summed E-state index contributed by atoms with van der Waals surface area (Å²) in [6, 6.07) is 2.50. The zero-order chi connectivity index (χ0) is 12.7. The predicted molar refractivity (Wildman–Crippen MR) is 50.6 cm³/mol. The molecule has 0 aliphatic heterocycles. The van der Waals surface area contributed by atoms with Gasteiger partial charge in [0.15, 0.2) is 11.5 Å². The molecule has 0 unspecified atom stereocenters. The first-order chi connectivity index (χ1) is 8.28.